The van der Waals surface area contributed by atoms with Gasteiger partial charge in [0, 0.05) is 28.1 Å². The van der Waals surface area contributed by atoms with E-state index in [4.69, 9.17) is 9.90 Å². The number of fused-ring (bicyclic) bond motifs is 1. The molecule has 0 unspecified atom stereocenters. The van der Waals surface area contributed by atoms with Crippen molar-refractivity contribution < 1.29 is 23.1 Å². The van der Waals surface area contributed by atoms with Crippen LogP contribution in [0.4, 0.5) is 13.2 Å². The fourth-order valence-electron chi connectivity index (χ4n) is 2.23. The summed E-state index contributed by atoms with van der Waals surface area (Å²) in [7, 11) is 2.00. The molecule has 1 aromatic heterocycles. The van der Waals surface area contributed by atoms with Crippen molar-refractivity contribution in [1.29, 1.82) is 0 Å². The molecule has 0 aliphatic heterocycles. The number of nitrogens with one attached hydrogen (secondary N) is 1. The van der Waals surface area contributed by atoms with Crippen molar-refractivity contribution in [2.24, 2.45) is 0 Å². The van der Waals surface area contributed by atoms with E-state index in [1.54, 1.807) is 0 Å². The number of halogens is 4. The van der Waals surface area contributed by atoms with E-state index in [-0.39, 0.29) is 0 Å². The molecule has 2 N–H and O–H groups in total. The second kappa shape index (κ2) is 9.78. The minimum atomic E-state index is -5.08. The molecule has 8 heteroatoms. The maximum Gasteiger partial charge on any atom is 0.490 e. The van der Waals surface area contributed by atoms with Crippen molar-refractivity contribution in [3.05, 3.63) is 46.1 Å². The lowest BCUT2D eigenvalue weighted by molar-refractivity contribution is -0.192. The maximum atomic E-state index is 10.6. The Hall–Kier alpha value is -1.80. The number of carboxylic acid groups (broad SMARTS) is 1. The summed E-state index contributed by atoms with van der Waals surface area (Å²) in [5, 5.41) is 11.7. The van der Waals surface area contributed by atoms with Crippen LogP contribution in [0, 0.1) is 0 Å². The van der Waals surface area contributed by atoms with Crippen LogP contribution in [0.5, 0.6) is 0 Å². The van der Waals surface area contributed by atoms with Crippen LogP contribution in [0.15, 0.2) is 40.5 Å². The predicted octanol–water partition coefficient (Wildman–Crippen LogP) is 4.77. The first-order chi connectivity index (χ1) is 12.1. The van der Waals surface area contributed by atoms with Gasteiger partial charge in [0.15, 0.2) is 0 Å². The molecule has 0 aliphatic carbocycles. The summed E-state index contributed by atoms with van der Waals surface area (Å²) in [6.07, 6.45) is 0.534. The van der Waals surface area contributed by atoms with E-state index in [0.29, 0.717) is 0 Å². The summed E-state index contributed by atoms with van der Waals surface area (Å²) < 4.78 is 35.2. The monoisotopic (exact) mass is 434 g/mol. The molecule has 0 aliphatic rings. The van der Waals surface area contributed by atoms with Crippen LogP contribution in [0.25, 0.3) is 10.9 Å². The summed E-state index contributed by atoms with van der Waals surface area (Å²) in [5.41, 5.74) is 4.07. The van der Waals surface area contributed by atoms with Gasteiger partial charge in [0.2, 0.25) is 0 Å². The molecule has 0 fully saturated rings. The van der Waals surface area contributed by atoms with E-state index in [9.17, 15) is 13.2 Å². The average molecular weight is 435 g/mol. The van der Waals surface area contributed by atoms with Crippen LogP contribution >= 0.6 is 15.9 Å². The highest BCUT2D eigenvalue weighted by Gasteiger charge is 2.38. The molecule has 2 rings (SSSR count). The van der Waals surface area contributed by atoms with Crippen LogP contribution in [-0.2, 0) is 17.8 Å². The van der Waals surface area contributed by atoms with Crippen LogP contribution < -0.4 is 5.32 Å². The number of allylic oxidation sites excluding steroid dienone is 2. The van der Waals surface area contributed by atoms with Crippen LogP contribution in [-0.4, -0.2) is 35.4 Å². The Morgan fingerprint density at radius 1 is 1.35 bits per heavy atom. The zero-order valence-corrected chi connectivity index (χ0v) is 16.4. The lowest BCUT2D eigenvalue weighted by Crippen LogP contribution is -2.21. The molecular formula is C18H22BrF3N2O2. The first kappa shape index (κ1) is 22.2. The van der Waals surface area contributed by atoms with Gasteiger partial charge >= 0.3 is 12.1 Å². The molecule has 0 amide bonds. The summed E-state index contributed by atoms with van der Waals surface area (Å²) in [6, 6.07) is 6.54. The van der Waals surface area contributed by atoms with Gasteiger partial charge in [0.1, 0.15) is 0 Å². The SMILES string of the molecule is CNCCc1cn(CC=C(C)C)c2cc(Br)ccc12.O=C(O)C(F)(F)F. The number of hydrogen-bond donors (Lipinski definition) is 2. The fourth-order valence-corrected chi connectivity index (χ4v) is 2.58. The van der Waals surface area contributed by atoms with Crippen molar-refractivity contribution in [3.8, 4) is 0 Å². The van der Waals surface area contributed by atoms with Crippen molar-refractivity contribution >= 4 is 32.8 Å². The lowest BCUT2D eigenvalue weighted by Gasteiger charge is -2.02. The molecule has 0 bridgehead atoms. The van der Waals surface area contributed by atoms with Crippen LogP contribution in [0.3, 0.4) is 0 Å². The van der Waals surface area contributed by atoms with Crippen LogP contribution in [0.1, 0.15) is 19.4 Å². The Morgan fingerprint density at radius 2 is 1.96 bits per heavy atom. The Bertz CT molecular complexity index is 779. The molecule has 2 aromatic rings. The second-order valence-electron chi connectivity index (χ2n) is 5.91. The van der Waals surface area contributed by atoms with E-state index in [2.05, 4.69) is 70.1 Å². The van der Waals surface area contributed by atoms with Gasteiger partial charge in [0.25, 0.3) is 0 Å². The van der Waals surface area contributed by atoms with Gasteiger partial charge in [-0.15, -0.1) is 0 Å². The van der Waals surface area contributed by atoms with Crippen molar-refractivity contribution in [1.82, 2.24) is 9.88 Å². The van der Waals surface area contributed by atoms with E-state index >= 15 is 0 Å². The number of rotatable bonds is 5. The molecule has 0 saturated carbocycles. The minimum absolute atomic E-state index is 0.939. The zero-order chi connectivity index (χ0) is 19.9. The fraction of sp³-hybridized carbons (Fsp3) is 0.389. The first-order valence-electron chi connectivity index (χ1n) is 7.91. The number of benzene rings is 1. The standard InChI is InChI=1S/C16H21BrN2.C2HF3O2/c1-12(2)7-9-19-11-13(6-8-18-3)15-5-4-14(17)10-16(15)19;3-2(4,5)1(6)7/h4-5,7,10-11,18H,6,8-9H2,1-3H3;(H,6,7). The molecule has 0 radical (unpaired) electrons. The molecule has 144 valence electrons. The topological polar surface area (TPSA) is 54.3 Å². The van der Waals surface area contributed by atoms with E-state index < -0.39 is 12.1 Å². The number of aliphatic carboxylic acids is 1. The Kier molecular flexibility index (Phi) is 8.36. The number of alkyl halides is 3. The summed E-state index contributed by atoms with van der Waals surface area (Å²) in [4.78, 5) is 8.90. The summed E-state index contributed by atoms with van der Waals surface area (Å²) in [6.45, 7) is 6.24. The van der Waals surface area contributed by atoms with Gasteiger partial charge in [-0.05, 0) is 51.6 Å². The van der Waals surface area contributed by atoms with E-state index in [1.807, 2.05) is 7.05 Å². The Labute approximate surface area is 158 Å². The molecule has 4 nitrogen and oxygen atoms in total. The van der Waals surface area contributed by atoms with Crippen molar-refractivity contribution in [3.63, 3.8) is 0 Å². The third-order valence-electron chi connectivity index (χ3n) is 3.51. The number of carboxylic acids is 1. The molecule has 0 saturated heterocycles. The van der Waals surface area contributed by atoms with Crippen molar-refractivity contribution in [2.75, 3.05) is 13.6 Å². The average Bonchev–Trinajstić information content (AvgIpc) is 2.87. The quantitative estimate of drug-likeness (QED) is 0.666. The minimum Gasteiger partial charge on any atom is -0.475 e. The van der Waals surface area contributed by atoms with Gasteiger partial charge in [0.05, 0.1) is 0 Å². The lowest BCUT2D eigenvalue weighted by atomic mass is 10.1. The molecular weight excluding hydrogens is 413 g/mol. The number of carbonyl (C=O) groups is 1. The van der Waals surface area contributed by atoms with Crippen LogP contribution in [0.2, 0.25) is 0 Å². The van der Waals surface area contributed by atoms with Gasteiger partial charge in [-0.25, -0.2) is 4.79 Å². The third kappa shape index (κ3) is 6.84. The number of likely N-dealkylation sites (N-methyl/N-ethyl adjacent to an activating group) is 1. The highest BCUT2D eigenvalue weighted by molar-refractivity contribution is 9.10. The normalized spacial score (nSPS) is 11.0. The number of aromatic nitrogens is 1. The largest absolute Gasteiger partial charge is 0.490 e. The van der Waals surface area contributed by atoms with E-state index in [1.165, 1.54) is 22.0 Å². The van der Waals surface area contributed by atoms with Gasteiger partial charge in [-0.1, -0.05) is 33.6 Å². The smallest absolute Gasteiger partial charge is 0.475 e. The highest BCUT2D eigenvalue weighted by atomic mass is 79.9. The highest BCUT2D eigenvalue weighted by Crippen LogP contribution is 2.25. The summed E-state index contributed by atoms with van der Waals surface area (Å²) in [5.74, 6) is -2.76. The summed E-state index contributed by atoms with van der Waals surface area (Å²) >= 11 is 3.57. The molecule has 0 spiro atoms. The molecule has 0 atom stereocenters. The molecule has 1 aromatic carbocycles. The second-order valence-corrected chi connectivity index (χ2v) is 6.82. The van der Waals surface area contributed by atoms with Crippen molar-refractivity contribution in [2.45, 2.75) is 33.0 Å². The molecule has 26 heavy (non-hydrogen) atoms. The molecule has 1 heterocycles. The number of hydrogen-bond acceptors (Lipinski definition) is 2. The zero-order valence-electron chi connectivity index (χ0n) is 14.8. The van der Waals surface area contributed by atoms with E-state index in [0.717, 1.165) is 24.0 Å². The number of nitrogens with zero attached hydrogens (tertiary/aromatic N) is 1. The Morgan fingerprint density at radius 3 is 2.46 bits per heavy atom. The Balaban J connectivity index is 0.000000412. The van der Waals surface area contributed by atoms with Gasteiger partial charge in [-0.2, -0.15) is 13.2 Å². The van der Waals surface area contributed by atoms with Gasteiger partial charge < -0.3 is 15.0 Å². The first-order valence-corrected chi connectivity index (χ1v) is 8.71. The maximum absolute atomic E-state index is 10.6. The predicted molar refractivity (Wildman–Crippen MR) is 100 cm³/mol. The van der Waals surface area contributed by atoms with Gasteiger partial charge in [-0.3, -0.25) is 0 Å². The third-order valence-corrected chi connectivity index (χ3v) is 4.00.